The number of hydrogen-bond acceptors (Lipinski definition) is 5. The maximum Gasteiger partial charge on any atom is 0.325 e. The molecule has 1 aromatic rings. The van der Waals surface area contributed by atoms with Crippen LogP contribution >= 0.6 is 0 Å². The molecule has 1 amide bonds. The van der Waals surface area contributed by atoms with E-state index in [1.807, 2.05) is 0 Å². The first-order valence-electron chi connectivity index (χ1n) is 6.79. The summed E-state index contributed by atoms with van der Waals surface area (Å²) in [6, 6.07) is -0.187. The molecule has 0 radical (unpaired) electrons. The van der Waals surface area contributed by atoms with E-state index in [0.717, 1.165) is 6.42 Å². The Kier molecular flexibility index (Phi) is 5.83. The minimum atomic E-state index is -0.997. The van der Waals surface area contributed by atoms with Crippen LogP contribution in [0.2, 0.25) is 0 Å². The van der Waals surface area contributed by atoms with Crippen molar-refractivity contribution < 1.29 is 14.7 Å². The number of carbonyl (C=O) groups excluding carboxylic acids is 1. The molecule has 1 heterocycles. The number of amides is 1. The summed E-state index contributed by atoms with van der Waals surface area (Å²) in [4.78, 5) is 22.3. The number of rotatable bonds is 7. The van der Waals surface area contributed by atoms with E-state index in [2.05, 4.69) is 36.4 Å². The van der Waals surface area contributed by atoms with Crippen LogP contribution < -0.4 is 11.1 Å². The average Bonchev–Trinajstić information content (AvgIpc) is 2.70. The zero-order valence-corrected chi connectivity index (χ0v) is 12.7. The summed E-state index contributed by atoms with van der Waals surface area (Å²) < 4.78 is 1.20. The Morgan fingerprint density at radius 1 is 1.48 bits per heavy atom. The largest absolute Gasteiger partial charge is 0.480 e. The Bertz CT molecular complexity index is 492. The molecule has 118 valence electrons. The maximum atomic E-state index is 11.8. The van der Waals surface area contributed by atoms with E-state index in [1.165, 1.54) is 10.9 Å². The van der Waals surface area contributed by atoms with Gasteiger partial charge >= 0.3 is 5.97 Å². The fraction of sp³-hybridized carbons (Fsp3) is 0.692. The summed E-state index contributed by atoms with van der Waals surface area (Å²) in [5.74, 6) is -1.15. The Hall–Kier alpha value is -1.96. The first kappa shape index (κ1) is 17.1. The predicted octanol–water partition coefficient (Wildman–Crippen LogP) is 0.133. The lowest BCUT2D eigenvalue weighted by Gasteiger charge is -2.22. The number of hydrogen-bond donors (Lipinski definition) is 3. The first-order valence-corrected chi connectivity index (χ1v) is 6.79. The molecular weight excluding hydrogens is 274 g/mol. The highest BCUT2D eigenvalue weighted by Gasteiger charge is 2.18. The molecule has 0 saturated carbocycles. The van der Waals surface area contributed by atoms with Crippen LogP contribution in [0.4, 0.5) is 0 Å². The van der Waals surface area contributed by atoms with Crippen LogP contribution in [-0.2, 0) is 22.7 Å². The molecule has 1 atom stereocenters. The standard InChI is InChI=1S/C13H23N5O3/c1-13(2,3)5-9(14)4-11(19)15-6-10-7-18(17-16-10)8-12(20)21/h7,9H,4-6,8,14H2,1-3H3,(H,15,19)(H,20,21). The molecule has 0 spiro atoms. The van der Waals surface area contributed by atoms with Crippen LogP contribution in [0.25, 0.3) is 0 Å². The number of carboxylic acid groups (broad SMARTS) is 1. The number of aliphatic carboxylic acids is 1. The van der Waals surface area contributed by atoms with Crippen LogP contribution in [0.3, 0.4) is 0 Å². The zero-order chi connectivity index (χ0) is 16.0. The van der Waals surface area contributed by atoms with Crippen molar-refractivity contribution in [2.45, 2.75) is 52.7 Å². The van der Waals surface area contributed by atoms with Gasteiger partial charge < -0.3 is 16.2 Å². The second-order valence-electron chi connectivity index (χ2n) is 6.31. The third-order valence-corrected chi connectivity index (χ3v) is 2.67. The van der Waals surface area contributed by atoms with Crippen molar-refractivity contribution in [2.24, 2.45) is 11.1 Å². The lowest BCUT2D eigenvalue weighted by Crippen LogP contribution is -2.34. The normalized spacial score (nSPS) is 13.0. The molecule has 0 fully saturated rings. The molecular formula is C13H23N5O3. The number of aromatic nitrogens is 3. The SMILES string of the molecule is CC(C)(C)CC(N)CC(=O)NCc1cn(CC(=O)O)nn1. The van der Waals surface area contributed by atoms with Crippen LogP contribution in [0.5, 0.6) is 0 Å². The van der Waals surface area contributed by atoms with Crippen LogP contribution in [0, 0.1) is 5.41 Å². The number of carbonyl (C=O) groups is 2. The zero-order valence-electron chi connectivity index (χ0n) is 12.7. The molecule has 8 nitrogen and oxygen atoms in total. The first-order chi connectivity index (χ1) is 9.65. The Labute approximate surface area is 123 Å². The third kappa shape index (κ3) is 7.40. The fourth-order valence-electron chi connectivity index (χ4n) is 1.99. The van der Waals surface area contributed by atoms with Crippen molar-refractivity contribution in [1.82, 2.24) is 20.3 Å². The number of nitrogens with two attached hydrogens (primary N) is 1. The maximum absolute atomic E-state index is 11.8. The van der Waals surface area contributed by atoms with Crippen molar-refractivity contribution in [3.05, 3.63) is 11.9 Å². The second-order valence-corrected chi connectivity index (χ2v) is 6.31. The van der Waals surface area contributed by atoms with E-state index in [0.29, 0.717) is 5.69 Å². The quantitative estimate of drug-likeness (QED) is 0.657. The van der Waals surface area contributed by atoms with Gasteiger partial charge in [-0.1, -0.05) is 26.0 Å². The Morgan fingerprint density at radius 2 is 2.14 bits per heavy atom. The van der Waals surface area contributed by atoms with Gasteiger partial charge in [-0.2, -0.15) is 0 Å². The van der Waals surface area contributed by atoms with Gasteiger partial charge in [-0.05, 0) is 11.8 Å². The smallest absolute Gasteiger partial charge is 0.325 e. The fourth-order valence-corrected chi connectivity index (χ4v) is 1.99. The molecule has 0 aromatic carbocycles. The van der Waals surface area contributed by atoms with Crippen LogP contribution in [0.1, 0.15) is 39.3 Å². The summed E-state index contributed by atoms with van der Waals surface area (Å²) in [6.45, 7) is 6.18. The summed E-state index contributed by atoms with van der Waals surface area (Å²) in [6.07, 6.45) is 2.50. The molecule has 0 saturated heterocycles. The number of nitrogens with one attached hydrogen (secondary N) is 1. The molecule has 0 bridgehead atoms. The molecule has 1 rings (SSSR count). The van der Waals surface area contributed by atoms with Gasteiger partial charge in [-0.3, -0.25) is 9.59 Å². The van der Waals surface area contributed by atoms with Gasteiger partial charge in [0, 0.05) is 12.5 Å². The highest BCUT2D eigenvalue weighted by atomic mass is 16.4. The summed E-state index contributed by atoms with van der Waals surface area (Å²) in [5, 5.41) is 18.8. The second kappa shape index (κ2) is 7.16. The topological polar surface area (TPSA) is 123 Å². The highest BCUT2D eigenvalue weighted by Crippen LogP contribution is 2.20. The van der Waals surface area contributed by atoms with E-state index in [4.69, 9.17) is 10.8 Å². The lowest BCUT2D eigenvalue weighted by atomic mass is 9.87. The number of carboxylic acids is 1. The van der Waals surface area contributed by atoms with E-state index in [-0.39, 0.29) is 36.9 Å². The van der Waals surface area contributed by atoms with Gasteiger partial charge in [0.2, 0.25) is 5.91 Å². The van der Waals surface area contributed by atoms with Gasteiger partial charge in [0.1, 0.15) is 12.2 Å². The summed E-state index contributed by atoms with van der Waals surface area (Å²) in [7, 11) is 0. The van der Waals surface area contributed by atoms with Gasteiger partial charge in [0.05, 0.1) is 12.7 Å². The highest BCUT2D eigenvalue weighted by molar-refractivity contribution is 5.76. The van der Waals surface area contributed by atoms with Crippen molar-refractivity contribution in [2.75, 3.05) is 0 Å². The molecule has 0 aliphatic carbocycles. The lowest BCUT2D eigenvalue weighted by molar-refractivity contribution is -0.138. The third-order valence-electron chi connectivity index (χ3n) is 2.67. The minimum Gasteiger partial charge on any atom is -0.480 e. The Morgan fingerprint density at radius 3 is 2.71 bits per heavy atom. The van der Waals surface area contributed by atoms with E-state index in [1.54, 1.807) is 0 Å². The Balaban J connectivity index is 2.36. The van der Waals surface area contributed by atoms with E-state index >= 15 is 0 Å². The van der Waals surface area contributed by atoms with Crippen molar-refractivity contribution in [3.8, 4) is 0 Å². The predicted molar refractivity (Wildman–Crippen MR) is 76.2 cm³/mol. The average molecular weight is 297 g/mol. The molecule has 1 aromatic heterocycles. The van der Waals surface area contributed by atoms with E-state index < -0.39 is 5.97 Å². The molecule has 0 aliphatic rings. The monoisotopic (exact) mass is 297 g/mol. The van der Waals surface area contributed by atoms with Gasteiger partial charge in [0.15, 0.2) is 0 Å². The summed E-state index contributed by atoms with van der Waals surface area (Å²) >= 11 is 0. The molecule has 8 heteroatoms. The molecule has 21 heavy (non-hydrogen) atoms. The van der Waals surface area contributed by atoms with Crippen LogP contribution in [0.15, 0.2) is 6.20 Å². The number of nitrogens with zero attached hydrogens (tertiary/aromatic N) is 3. The van der Waals surface area contributed by atoms with Gasteiger partial charge in [-0.15, -0.1) is 5.10 Å². The minimum absolute atomic E-state index is 0.0826. The van der Waals surface area contributed by atoms with Gasteiger partial charge in [0.25, 0.3) is 0 Å². The van der Waals surface area contributed by atoms with Crippen molar-refractivity contribution in [3.63, 3.8) is 0 Å². The summed E-state index contributed by atoms with van der Waals surface area (Å²) in [5.41, 5.74) is 6.52. The van der Waals surface area contributed by atoms with E-state index in [9.17, 15) is 9.59 Å². The molecule has 0 aliphatic heterocycles. The molecule has 4 N–H and O–H groups in total. The molecule has 1 unspecified atom stereocenters. The van der Waals surface area contributed by atoms with Gasteiger partial charge in [-0.25, -0.2) is 4.68 Å². The van der Waals surface area contributed by atoms with Crippen molar-refractivity contribution >= 4 is 11.9 Å². The van der Waals surface area contributed by atoms with Crippen molar-refractivity contribution in [1.29, 1.82) is 0 Å². The van der Waals surface area contributed by atoms with Crippen LogP contribution in [-0.4, -0.2) is 38.0 Å².